The summed E-state index contributed by atoms with van der Waals surface area (Å²) in [6.45, 7) is 3.77. The number of ether oxygens (including phenoxy) is 4. The van der Waals surface area contributed by atoms with E-state index in [1.54, 1.807) is 55.9 Å². The smallest absolute Gasteiger partial charge is 0.338 e. The first-order valence-corrected chi connectivity index (χ1v) is 17.1. The van der Waals surface area contributed by atoms with Crippen molar-refractivity contribution in [3.8, 4) is 17.2 Å². The summed E-state index contributed by atoms with van der Waals surface area (Å²) in [5, 5.41) is 11.1. The molecule has 0 unspecified atom stereocenters. The second kappa shape index (κ2) is 14.3. The zero-order valence-electron chi connectivity index (χ0n) is 27.0. The normalized spacial score (nSPS) is 14.3. The summed E-state index contributed by atoms with van der Waals surface area (Å²) in [6, 6.07) is 20.9. The van der Waals surface area contributed by atoms with E-state index in [-0.39, 0.29) is 29.9 Å². The molecule has 0 radical (unpaired) electrons. The lowest BCUT2D eigenvalue weighted by atomic mass is 9.90. The molecule has 4 aromatic carbocycles. The van der Waals surface area contributed by atoms with E-state index in [1.165, 1.54) is 24.5 Å². The first-order valence-electron chi connectivity index (χ1n) is 15.2. The molecule has 12 heteroatoms. The molecule has 6 rings (SSSR count). The van der Waals surface area contributed by atoms with Crippen LogP contribution in [-0.4, -0.2) is 42.4 Å². The van der Waals surface area contributed by atoms with Crippen molar-refractivity contribution >= 4 is 62.7 Å². The molecule has 0 amide bonds. The number of rotatable bonds is 10. The second-order valence-corrected chi connectivity index (χ2v) is 13.2. The number of carbonyl (C=O) groups excluding carboxylic acids is 1. The lowest BCUT2D eigenvalue weighted by molar-refractivity contribution is -0.139. The van der Waals surface area contributed by atoms with E-state index in [4.69, 9.17) is 23.9 Å². The van der Waals surface area contributed by atoms with Gasteiger partial charge in [0.15, 0.2) is 16.3 Å². The summed E-state index contributed by atoms with van der Waals surface area (Å²) in [7, 11) is 3.09. The average molecular weight is 791 g/mol. The molecule has 0 saturated carbocycles. The molecular formula is C37H31IN2O8S. The molecule has 250 valence electrons. The SMILES string of the molecule is CCOC(=O)C1=C(C)N=c2s/c(=C\c3cc(I)c(OCc4cccc(C(=O)O)c4)c(OC)c3)c(=O)n2[C@H]1c1c(OC)ccc2ccccc12. The maximum Gasteiger partial charge on any atom is 0.338 e. The standard InChI is InChI=1S/C37H31IN2O8S/c1-5-47-36(44)30-20(2)39-37-40(32(30)31-25-12-7-6-10-23(25)13-14-27(31)45-3)34(41)29(49-37)18-22-16-26(38)33(28(17-22)46-4)48-19-21-9-8-11-24(15-21)35(42)43/h6-18,32H,5,19H2,1-4H3,(H,42,43)/b29-18-/t32-/m1/s1. The summed E-state index contributed by atoms with van der Waals surface area (Å²) < 4.78 is 25.7. The highest BCUT2D eigenvalue weighted by molar-refractivity contribution is 14.1. The maximum atomic E-state index is 14.4. The molecule has 1 aromatic heterocycles. The van der Waals surface area contributed by atoms with Gasteiger partial charge in [0.25, 0.3) is 5.56 Å². The van der Waals surface area contributed by atoms with Gasteiger partial charge in [-0.1, -0.05) is 53.8 Å². The number of allylic oxidation sites excluding steroid dienone is 1. The van der Waals surface area contributed by atoms with Gasteiger partial charge in [0.05, 0.1) is 45.8 Å². The molecule has 2 heterocycles. The van der Waals surface area contributed by atoms with Crippen LogP contribution in [0, 0.1) is 3.57 Å². The summed E-state index contributed by atoms with van der Waals surface area (Å²) in [5.74, 6) is -0.111. The van der Waals surface area contributed by atoms with Gasteiger partial charge in [0, 0.05) is 5.56 Å². The summed E-state index contributed by atoms with van der Waals surface area (Å²) in [4.78, 5) is 44.5. The number of hydrogen-bond acceptors (Lipinski definition) is 9. The number of esters is 1. The highest BCUT2D eigenvalue weighted by Crippen LogP contribution is 2.40. The van der Waals surface area contributed by atoms with Gasteiger partial charge in [-0.3, -0.25) is 9.36 Å². The van der Waals surface area contributed by atoms with E-state index < -0.39 is 18.0 Å². The van der Waals surface area contributed by atoms with E-state index >= 15 is 0 Å². The minimum absolute atomic E-state index is 0.130. The molecule has 0 saturated heterocycles. The quantitative estimate of drug-likeness (QED) is 0.138. The third-order valence-electron chi connectivity index (χ3n) is 8.05. The lowest BCUT2D eigenvalue weighted by Crippen LogP contribution is -2.40. The van der Waals surface area contributed by atoms with Crippen molar-refractivity contribution in [2.75, 3.05) is 20.8 Å². The average Bonchev–Trinajstić information content (AvgIpc) is 3.40. The van der Waals surface area contributed by atoms with E-state index in [0.29, 0.717) is 49.0 Å². The van der Waals surface area contributed by atoms with Gasteiger partial charge in [0.2, 0.25) is 0 Å². The predicted molar refractivity (Wildman–Crippen MR) is 194 cm³/mol. The fourth-order valence-electron chi connectivity index (χ4n) is 5.86. The van der Waals surface area contributed by atoms with Gasteiger partial charge in [-0.25, -0.2) is 14.6 Å². The largest absolute Gasteiger partial charge is 0.496 e. The van der Waals surface area contributed by atoms with E-state index in [0.717, 1.165) is 14.3 Å². The number of nitrogens with zero attached hydrogens (tertiary/aromatic N) is 2. The number of aromatic nitrogens is 1. The topological polar surface area (TPSA) is 126 Å². The molecule has 1 atom stereocenters. The van der Waals surface area contributed by atoms with Crippen molar-refractivity contribution < 1.29 is 33.6 Å². The van der Waals surface area contributed by atoms with Crippen LogP contribution >= 0.6 is 33.9 Å². The van der Waals surface area contributed by atoms with Gasteiger partial charge in [0.1, 0.15) is 18.4 Å². The number of methoxy groups -OCH3 is 2. The summed E-state index contributed by atoms with van der Waals surface area (Å²) in [6.07, 6.45) is 1.76. The van der Waals surface area contributed by atoms with Crippen molar-refractivity contribution in [2.45, 2.75) is 26.5 Å². The number of halogens is 1. The van der Waals surface area contributed by atoms with E-state index in [1.807, 2.05) is 42.5 Å². The van der Waals surface area contributed by atoms with Crippen molar-refractivity contribution in [1.29, 1.82) is 0 Å². The monoisotopic (exact) mass is 790 g/mol. The molecule has 0 spiro atoms. The second-order valence-electron chi connectivity index (χ2n) is 11.0. The number of thiazole rings is 1. The highest BCUT2D eigenvalue weighted by Gasteiger charge is 2.36. The Hall–Kier alpha value is -4.95. The number of benzene rings is 4. The Morgan fingerprint density at radius 3 is 2.53 bits per heavy atom. The molecule has 0 bridgehead atoms. The van der Waals surface area contributed by atoms with Crippen LogP contribution in [0.4, 0.5) is 0 Å². The van der Waals surface area contributed by atoms with Gasteiger partial charge in [-0.15, -0.1) is 0 Å². The van der Waals surface area contributed by atoms with E-state index in [2.05, 4.69) is 22.6 Å². The van der Waals surface area contributed by atoms with Crippen molar-refractivity contribution in [3.05, 3.63) is 130 Å². The minimum atomic E-state index is -1.02. The van der Waals surface area contributed by atoms with Crippen LogP contribution < -0.4 is 29.1 Å². The van der Waals surface area contributed by atoms with Crippen LogP contribution in [0.5, 0.6) is 17.2 Å². The van der Waals surface area contributed by atoms with Crippen LogP contribution in [-0.2, 0) is 16.1 Å². The Morgan fingerprint density at radius 1 is 1.02 bits per heavy atom. The van der Waals surface area contributed by atoms with E-state index in [9.17, 15) is 19.5 Å². The number of fused-ring (bicyclic) bond motifs is 2. The Morgan fingerprint density at radius 2 is 1.80 bits per heavy atom. The van der Waals surface area contributed by atoms with Gasteiger partial charge in [-0.05, 0) is 94.7 Å². The van der Waals surface area contributed by atoms with Crippen LogP contribution in [0.1, 0.15) is 46.9 Å². The van der Waals surface area contributed by atoms with Gasteiger partial charge in [-0.2, -0.15) is 0 Å². The molecule has 1 aliphatic rings. The first kappa shape index (κ1) is 33.9. The van der Waals surface area contributed by atoms with Crippen molar-refractivity contribution in [3.63, 3.8) is 0 Å². The van der Waals surface area contributed by atoms with Crippen molar-refractivity contribution in [1.82, 2.24) is 4.57 Å². The third kappa shape index (κ3) is 6.57. The Labute approximate surface area is 298 Å². The maximum absolute atomic E-state index is 14.4. The summed E-state index contributed by atoms with van der Waals surface area (Å²) >= 11 is 3.36. The number of carboxylic acids is 1. The molecular weight excluding hydrogens is 759 g/mol. The Bertz CT molecular complexity index is 2340. The molecule has 1 aliphatic heterocycles. The lowest BCUT2D eigenvalue weighted by Gasteiger charge is -2.27. The molecule has 49 heavy (non-hydrogen) atoms. The molecule has 10 nitrogen and oxygen atoms in total. The number of hydrogen-bond donors (Lipinski definition) is 1. The first-order chi connectivity index (χ1) is 23.6. The Balaban J connectivity index is 1.47. The van der Waals surface area contributed by atoms with Crippen LogP contribution in [0.3, 0.4) is 0 Å². The zero-order chi connectivity index (χ0) is 34.8. The Kier molecular flexibility index (Phi) is 9.88. The van der Waals surface area contributed by atoms with Crippen molar-refractivity contribution in [2.24, 2.45) is 4.99 Å². The predicted octanol–water partition coefficient (Wildman–Crippen LogP) is 5.85. The molecule has 0 aliphatic carbocycles. The molecule has 5 aromatic rings. The van der Waals surface area contributed by atoms with Gasteiger partial charge >= 0.3 is 11.9 Å². The number of aromatic carboxylic acids is 1. The van der Waals surface area contributed by atoms with Crippen LogP contribution in [0.15, 0.2) is 93.9 Å². The third-order valence-corrected chi connectivity index (χ3v) is 9.83. The minimum Gasteiger partial charge on any atom is -0.496 e. The van der Waals surface area contributed by atoms with Crippen LogP contribution in [0.25, 0.3) is 16.8 Å². The summed E-state index contributed by atoms with van der Waals surface area (Å²) in [5.41, 5.74) is 2.61. The fourth-order valence-corrected chi connectivity index (χ4v) is 7.69. The molecule has 1 N–H and O–H groups in total. The van der Waals surface area contributed by atoms with Gasteiger partial charge < -0.3 is 24.1 Å². The number of carbonyl (C=O) groups is 2. The highest BCUT2D eigenvalue weighted by atomic mass is 127. The molecule has 0 fully saturated rings. The van der Waals surface area contributed by atoms with Crippen LogP contribution in [0.2, 0.25) is 0 Å². The number of carboxylic acid groups (broad SMARTS) is 1. The zero-order valence-corrected chi connectivity index (χ0v) is 30.0. The fraction of sp³-hybridized carbons (Fsp3) is 0.189.